The van der Waals surface area contributed by atoms with Gasteiger partial charge in [0.1, 0.15) is 0 Å². The van der Waals surface area contributed by atoms with Crippen LogP contribution in [-0.4, -0.2) is 21.3 Å². The van der Waals surface area contributed by atoms with Crippen molar-refractivity contribution in [2.45, 2.75) is 19.2 Å². The third-order valence-corrected chi connectivity index (χ3v) is 1.39. The molecule has 1 N–H and O–H groups in total. The van der Waals surface area contributed by atoms with E-state index in [-0.39, 0.29) is 0 Å². The molecule has 0 aliphatic carbocycles. The van der Waals surface area contributed by atoms with Gasteiger partial charge >= 0.3 is 6.18 Å². The summed E-state index contributed by atoms with van der Waals surface area (Å²) in [5.41, 5.74) is 0.0104. The Morgan fingerprint density at radius 2 is 1.92 bits per heavy atom. The third kappa shape index (κ3) is 2.38. The van der Waals surface area contributed by atoms with Crippen molar-refractivity contribution in [2.24, 2.45) is 0 Å². The molecule has 3 nitrogen and oxygen atoms in total. The molecule has 1 heterocycles. The summed E-state index contributed by atoms with van der Waals surface area (Å²) in [5.74, 6) is 0. The van der Waals surface area contributed by atoms with E-state index >= 15 is 0 Å². The lowest BCUT2D eigenvalue weighted by atomic mass is 10.2. The lowest BCUT2D eigenvalue weighted by molar-refractivity contribution is -0.208. The second-order valence-electron chi connectivity index (χ2n) is 2.53. The molecule has 0 aromatic carbocycles. The molecule has 0 bridgehead atoms. The molecule has 0 aliphatic heterocycles. The first-order valence-corrected chi connectivity index (χ1v) is 3.44. The summed E-state index contributed by atoms with van der Waals surface area (Å²) >= 11 is 0. The second kappa shape index (κ2) is 3.29. The Labute approximate surface area is 72.3 Å². The Hall–Kier alpha value is -1.17. The van der Waals surface area contributed by atoms with Crippen LogP contribution >= 0.6 is 0 Å². The number of nitrogens with zero attached hydrogens (tertiary/aromatic N) is 2. The van der Waals surface area contributed by atoms with Crippen molar-refractivity contribution < 1.29 is 18.3 Å². The lowest BCUT2D eigenvalue weighted by Crippen LogP contribution is -2.21. The van der Waals surface area contributed by atoms with Crippen molar-refractivity contribution in [3.8, 4) is 0 Å². The average Bonchev–Trinajstić information content (AvgIpc) is 2.03. The number of aromatic nitrogens is 2. The second-order valence-corrected chi connectivity index (χ2v) is 2.53. The molecule has 0 aliphatic rings. The summed E-state index contributed by atoms with van der Waals surface area (Å²) in [6, 6.07) is 0. The van der Waals surface area contributed by atoms with E-state index in [2.05, 4.69) is 9.97 Å². The van der Waals surface area contributed by atoms with Crippen molar-refractivity contribution in [2.75, 3.05) is 0 Å². The zero-order chi connectivity index (χ0) is 10.1. The molecule has 0 fully saturated rings. The van der Waals surface area contributed by atoms with Gasteiger partial charge < -0.3 is 5.11 Å². The molecule has 1 aromatic rings. The lowest BCUT2D eigenvalue weighted by Gasteiger charge is -2.12. The molecular weight excluding hydrogens is 185 g/mol. The minimum atomic E-state index is -4.69. The first-order valence-electron chi connectivity index (χ1n) is 3.44. The van der Waals surface area contributed by atoms with Crippen LogP contribution in [0, 0.1) is 6.92 Å². The third-order valence-electron chi connectivity index (χ3n) is 1.39. The van der Waals surface area contributed by atoms with Crippen LogP contribution in [0.1, 0.15) is 17.5 Å². The number of aliphatic hydroxyl groups is 1. The molecule has 0 saturated heterocycles. The minimum Gasteiger partial charge on any atom is -0.378 e. The van der Waals surface area contributed by atoms with E-state index in [1.807, 2.05) is 0 Å². The monoisotopic (exact) mass is 192 g/mol. The Kier molecular flexibility index (Phi) is 2.51. The predicted molar refractivity (Wildman–Crippen MR) is 37.8 cm³/mol. The zero-order valence-electron chi connectivity index (χ0n) is 6.71. The highest BCUT2D eigenvalue weighted by Gasteiger charge is 2.40. The van der Waals surface area contributed by atoms with Gasteiger partial charge in [0.05, 0.1) is 17.6 Å². The molecular formula is C7H7F3N2O. The van der Waals surface area contributed by atoms with Crippen LogP contribution in [0.25, 0.3) is 0 Å². The molecule has 6 heteroatoms. The van der Waals surface area contributed by atoms with Crippen LogP contribution < -0.4 is 0 Å². The van der Waals surface area contributed by atoms with E-state index < -0.39 is 18.0 Å². The zero-order valence-corrected chi connectivity index (χ0v) is 6.71. The number of hydrogen-bond acceptors (Lipinski definition) is 3. The van der Waals surface area contributed by atoms with Crippen LogP contribution in [0.2, 0.25) is 0 Å². The summed E-state index contributed by atoms with van der Waals surface area (Å²) in [6.45, 7) is 1.59. The Morgan fingerprint density at radius 1 is 1.31 bits per heavy atom. The number of alkyl halides is 3. The highest BCUT2D eigenvalue weighted by molar-refractivity contribution is 5.05. The van der Waals surface area contributed by atoms with Crippen LogP contribution in [-0.2, 0) is 0 Å². The van der Waals surface area contributed by atoms with Crippen LogP contribution in [0.5, 0.6) is 0 Å². The maximum absolute atomic E-state index is 11.9. The van der Waals surface area contributed by atoms with Crippen LogP contribution in [0.3, 0.4) is 0 Å². The predicted octanol–water partition coefficient (Wildman–Crippen LogP) is 1.38. The van der Waals surface area contributed by atoms with Gasteiger partial charge in [-0.15, -0.1) is 0 Å². The number of aryl methyl sites for hydroxylation is 1. The summed E-state index contributed by atoms with van der Waals surface area (Å²) < 4.78 is 35.8. The largest absolute Gasteiger partial charge is 0.420 e. The molecule has 72 valence electrons. The van der Waals surface area contributed by atoms with Gasteiger partial charge in [0.25, 0.3) is 0 Å². The van der Waals surface area contributed by atoms with E-state index in [1.54, 1.807) is 6.92 Å². The average molecular weight is 192 g/mol. The maximum atomic E-state index is 11.9. The first kappa shape index (κ1) is 9.91. The van der Waals surface area contributed by atoms with Gasteiger partial charge in [-0.05, 0) is 6.92 Å². The molecule has 1 unspecified atom stereocenters. The fourth-order valence-corrected chi connectivity index (χ4v) is 0.711. The number of hydrogen-bond donors (Lipinski definition) is 1. The van der Waals surface area contributed by atoms with Crippen molar-refractivity contribution in [1.29, 1.82) is 0 Å². The van der Waals surface area contributed by atoms with Gasteiger partial charge in [0, 0.05) is 6.20 Å². The highest BCUT2D eigenvalue weighted by atomic mass is 19.4. The quantitative estimate of drug-likeness (QED) is 0.731. The topological polar surface area (TPSA) is 46.0 Å². The van der Waals surface area contributed by atoms with Crippen LogP contribution in [0.4, 0.5) is 13.2 Å². The Bertz CT molecular complexity index is 283. The van der Waals surface area contributed by atoms with Gasteiger partial charge in [-0.25, -0.2) is 0 Å². The van der Waals surface area contributed by atoms with Gasteiger partial charge in [-0.1, -0.05) is 0 Å². The molecule has 13 heavy (non-hydrogen) atoms. The fraction of sp³-hybridized carbons (Fsp3) is 0.429. The summed E-state index contributed by atoms with van der Waals surface area (Å²) in [5, 5.41) is 8.72. The summed E-state index contributed by atoms with van der Waals surface area (Å²) in [6.07, 6.45) is -5.16. The molecule has 0 spiro atoms. The SMILES string of the molecule is Cc1cnc(C(O)C(F)(F)F)cn1. The van der Waals surface area contributed by atoms with E-state index in [4.69, 9.17) is 5.11 Å². The Balaban J connectivity index is 2.90. The number of halogens is 3. The van der Waals surface area contributed by atoms with Crippen LogP contribution in [0.15, 0.2) is 12.4 Å². The van der Waals surface area contributed by atoms with Crippen molar-refractivity contribution in [1.82, 2.24) is 9.97 Å². The summed E-state index contributed by atoms with van der Waals surface area (Å²) in [7, 11) is 0. The minimum absolute atomic E-state index is 0.488. The number of aliphatic hydroxyl groups excluding tert-OH is 1. The smallest absolute Gasteiger partial charge is 0.378 e. The standard InChI is InChI=1S/C7H7F3N2O/c1-4-2-12-5(3-11-4)6(13)7(8,9)10/h2-3,6,13H,1H3. The van der Waals surface area contributed by atoms with Crippen molar-refractivity contribution in [3.05, 3.63) is 23.8 Å². The van der Waals surface area contributed by atoms with E-state index in [1.165, 1.54) is 6.20 Å². The van der Waals surface area contributed by atoms with Crippen molar-refractivity contribution in [3.63, 3.8) is 0 Å². The normalized spacial score (nSPS) is 14.2. The fourth-order valence-electron chi connectivity index (χ4n) is 0.711. The summed E-state index contributed by atoms with van der Waals surface area (Å²) in [4.78, 5) is 7.00. The Morgan fingerprint density at radius 3 is 2.31 bits per heavy atom. The molecule has 1 rings (SSSR count). The van der Waals surface area contributed by atoms with Gasteiger partial charge in [-0.2, -0.15) is 13.2 Å². The van der Waals surface area contributed by atoms with Gasteiger partial charge in [0.15, 0.2) is 6.10 Å². The molecule has 0 amide bonds. The van der Waals surface area contributed by atoms with E-state index in [0.29, 0.717) is 5.69 Å². The number of rotatable bonds is 1. The van der Waals surface area contributed by atoms with E-state index in [9.17, 15) is 13.2 Å². The first-order chi connectivity index (χ1) is 5.91. The van der Waals surface area contributed by atoms with Crippen molar-refractivity contribution >= 4 is 0 Å². The van der Waals surface area contributed by atoms with Gasteiger partial charge in [-0.3, -0.25) is 9.97 Å². The molecule has 0 saturated carbocycles. The van der Waals surface area contributed by atoms with Gasteiger partial charge in [0.2, 0.25) is 0 Å². The molecule has 1 aromatic heterocycles. The molecule has 1 atom stereocenters. The maximum Gasteiger partial charge on any atom is 0.420 e. The van der Waals surface area contributed by atoms with E-state index in [0.717, 1.165) is 6.20 Å². The molecule has 0 radical (unpaired) electrons. The highest BCUT2D eigenvalue weighted by Crippen LogP contribution is 2.30.